The van der Waals surface area contributed by atoms with Gasteiger partial charge in [-0.05, 0) is 66.4 Å². The van der Waals surface area contributed by atoms with Crippen LogP contribution in [0.3, 0.4) is 0 Å². The number of rotatable bonds is 13. The number of aromatic amines is 1. The molecule has 0 saturated carbocycles. The average Bonchev–Trinajstić information content (AvgIpc) is 3.41. The van der Waals surface area contributed by atoms with Gasteiger partial charge in [0.05, 0.1) is 39.0 Å². The Hall–Kier alpha value is -4.05. The van der Waals surface area contributed by atoms with Gasteiger partial charge in [0.15, 0.2) is 0 Å². The number of carbonyl (C=O) groups is 1. The third-order valence-electron chi connectivity index (χ3n) is 7.12. The number of H-pyrrole nitrogens is 1. The zero-order valence-electron chi connectivity index (χ0n) is 23.0. The Morgan fingerprint density at radius 1 is 1.02 bits per heavy atom. The van der Waals surface area contributed by atoms with Crippen LogP contribution in [-0.2, 0) is 19.6 Å². The maximum Gasteiger partial charge on any atom is 0.268 e. The number of aliphatic hydroxyl groups is 2. The topological polar surface area (TPSA) is 136 Å². The monoisotopic (exact) mass is 547 g/mol. The van der Waals surface area contributed by atoms with Crippen LogP contribution in [-0.4, -0.2) is 53.0 Å². The molecule has 4 aromatic rings. The lowest BCUT2D eigenvalue weighted by Gasteiger charge is -2.20. The van der Waals surface area contributed by atoms with Crippen LogP contribution in [0.5, 0.6) is 17.2 Å². The maximum absolute atomic E-state index is 12.9. The van der Waals surface area contributed by atoms with E-state index in [9.17, 15) is 20.1 Å². The molecule has 4 rings (SSSR count). The van der Waals surface area contributed by atoms with Crippen molar-refractivity contribution in [3.63, 3.8) is 0 Å². The number of hydrogen-bond acceptors (Lipinski definition) is 7. The largest absolute Gasteiger partial charge is 0.508 e. The zero-order valence-corrected chi connectivity index (χ0v) is 23.0. The summed E-state index contributed by atoms with van der Waals surface area (Å²) >= 11 is 0. The second kappa shape index (κ2) is 13.3. The number of aromatic hydroxyl groups is 1. The van der Waals surface area contributed by atoms with Crippen molar-refractivity contribution in [2.24, 2.45) is 0 Å². The van der Waals surface area contributed by atoms with Gasteiger partial charge in [-0.2, -0.15) is 0 Å². The highest BCUT2D eigenvalue weighted by molar-refractivity contribution is 5.98. The summed E-state index contributed by atoms with van der Waals surface area (Å²) in [6.45, 7) is 2.39. The highest BCUT2D eigenvalue weighted by Gasteiger charge is 2.16. The van der Waals surface area contributed by atoms with Crippen LogP contribution >= 0.6 is 0 Å². The summed E-state index contributed by atoms with van der Waals surface area (Å²) in [6, 6.07) is 18.3. The first-order valence-corrected chi connectivity index (χ1v) is 13.3. The number of aromatic nitrogens is 1. The molecule has 2 atom stereocenters. The molecule has 9 heteroatoms. The molecule has 6 N–H and O–H groups in total. The van der Waals surface area contributed by atoms with E-state index in [0.29, 0.717) is 34.9 Å². The summed E-state index contributed by atoms with van der Waals surface area (Å²) in [5.41, 5.74) is 4.22. The normalized spacial score (nSPS) is 12.7. The number of fused-ring (bicyclic) bond motifs is 1. The molecule has 40 heavy (non-hydrogen) atoms. The quantitative estimate of drug-likeness (QED) is 0.149. The molecule has 3 aromatic carbocycles. The number of phenols is 1. The highest BCUT2D eigenvalue weighted by Crippen LogP contribution is 2.28. The number of methoxy groups -OCH3 is 2. The number of nitrogens with one attached hydrogen (secondary N) is 3. The minimum atomic E-state index is -0.774. The molecule has 0 fully saturated rings. The van der Waals surface area contributed by atoms with Crippen molar-refractivity contribution in [2.45, 2.75) is 45.1 Å². The highest BCUT2D eigenvalue weighted by atomic mass is 16.5. The van der Waals surface area contributed by atoms with Crippen LogP contribution in [0.4, 0.5) is 0 Å². The average molecular weight is 548 g/mol. The third-order valence-corrected chi connectivity index (χ3v) is 7.12. The van der Waals surface area contributed by atoms with Gasteiger partial charge >= 0.3 is 0 Å². The molecule has 9 nitrogen and oxygen atoms in total. The van der Waals surface area contributed by atoms with Gasteiger partial charge in [0.1, 0.15) is 22.9 Å². The first-order valence-electron chi connectivity index (χ1n) is 13.3. The third kappa shape index (κ3) is 6.74. The van der Waals surface area contributed by atoms with Crippen molar-refractivity contribution in [1.29, 1.82) is 0 Å². The van der Waals surface area contributed by atoms with E-state index < -0.39 is 6.10 Å². The Kier molecular flexibility index (Phi) is 9.65. The van der Waals surface area contributed by atoms with E-state index in [2.05, 4.69) is 28.6 Å². The van der Waals surface area contributed by atoms with E-state index in [-0.39, 0.29) is 30.9 Å². The fourth-order valence-electron chi connectivity index (χ4n) is 4.78. The van der Waals surface area contributed by atoms with Gasteiger partial charge in [0.25, 0.3) is 5.91 Å². The summed E-state index contributed by atoms with van der Waals surface area (Å²) in [4.78, 5) is 16.1. The Morgan fingerprint density at radius 2 is 1.77 bits per heavy atom. The van der Waals surface area contributed by atoms with Crippen molar-refractivity contribution in [1.82, 2.24) is 15.6 Å². The van der Waals surface area contributed by atoms with Crippen LogP contribution in [0.25, 0.3) is 10.9 Å². The second-order valence-electron chi connectivity index (χ2n) is 9.71. The summed E-state index contributed by atoms with van der Waals surface area (Å²) < 4.78 is 10.8. The molecule has 0 aliphatic rings. The summed E-state index contributed by atoms with van der Waals surface area (Å²) in [6.07, 6.45) is 0.829. The van der Waals surface area contributed by atoms with Gasteiger partial charge in [0, 0.05) is 29.1 Å². The van der Waals surface area contributed by atoms with Crippen LogP contribution in [0.1, 0.15) is 52.2 Å². The first kappa shape index (κ1) is 28.9. The summed E-state index contributed by atoms with van der Waals surface area (Å²) in [5, 5.41) is 37.1. The number of ether oxygens (including phenoxy) is 2. The van der Waals surface area contributed by atoms with E-state index in [4.69, 9.17) is 9.47 Å². The Labute approximate surface area is 233 Å². The number of carbonyl (C=O) groups excluding carboxylic acids is 1. The van der Waals surface area contributed by atoms with Crippen molar-refractivity contribution in [3.05, 3.63) is 88.6 Å². The number of benzene rings is 3. The minimum absolute atomic E-state index is 0.00953. The molecule has 1 heterocycles. The molecule has 1 aromatic heterocycles. The van der Waals surface area contributed by atoms with Gasteiger partial charge in [-0.1, -0.05) is 25.1 Å². The fraction of sp³-hybridized carbons (Fsp3) is 0.323. The first-order chi connectivity index (χ1) is 19.4. The smallest absolute Gasteiger partial charge is 0.268 e. The molecule has 1 amide bonds. The van der Waals surface area contributed by atoms with Gasteiger partial charge in [-0.15, -0.1) is 0 Å². The van der Waals surface area contributed by atoms with Gasteiger partial charge in [-0.25, -0.2) is 0 Å². The molecular formula is C31H37N3O6. The molecule has 0 spiro atoms. The van der Waals surface area contributed by atoms with Crippen molar-refractivity contribution >= 4 is 16.8 Å². The number of hydrogen-bond donors (Lipinski definition) is 6. The molecule has 0 radical (unpaired) electrons. The second-order valence-corrected chi connectivity index (χ2v) is 9.71. The molecule has 0 saturated heterocycles. The van der Waals surface area contributed by atoms with Gasteiger partial charge < -0.3 is 40.4 Å². The maximum atomic E-state index is 12.9. The van der Waals surface area contributed by atoms with Gasteiger partial charge in [-0.3, -0.25) is 4.79 Å². The number of aliphatic hydroxyl groups excluding tert-OH is 2. The summed E-state index contributed by atoms with van der Waals surface area (Å²) in [5.74, 6) is 1.07. The Bertz CT molecular complexity index is 1430. The lowest BCUT2D eigenvalue weighted by Crippen LogP contribution is -2.34. The van der Waals surface area contributed by atoms with E-state index in [0.717, 1.165) is 34.9 Å². The number of amides is 1. The van der Waals surface area contributed by atoms with Crippen molar-refractivity contribution < 1.29 is 29.6 Å². The van der Waals surface area contributed by atoms with Crippen molar-refractivity contribution in [3.8, 4) is 17.2 Å². The van der Waals surface area contributed by atoms with Crippen LogP contribution in [0.2, 0.25) is 0 Å². The van der Waals surface area contributed by atoms with Crippen LogP contribution in [0, 0.1) is 0 Å². The van der Waals surface area contributed by atoms with Crippen LogP contribution < -0.4 is 20.1 Å². The van der Waals surface area contributed by atoms with E-state index in [1.54, 1.807) is 26.4 Å². The lowest BCUT2D eigenvalue weighted by molar-refractivity contribution is 0.0946. The molecule has 0 bridgehead atoms. The Morgan fingerprint density at radius 3 is 2.45 bits per heavy atom. The molecule has 212 valence electrons. The lowest BCUT2D eigenvalue weighted by atomic mass is 10.0. The zero-order chi connectivity index (χ0) is 28.6. The van der Waals surface area contributed by atoms with Crippen LogP contribution in [0.15, 0.2) is 60.7 Å². The predicted octanol–water partition coefficient (Wildman–Crippen LogP) is 3.96. The minimum Gasteiger partial charge on any atom is -0.508 e. The summed E-state index contributed by atoms with van der Waals surface area (Å²) in [7, 11) is 3.17. The molecule has 0 aliphatic carbocycles. The SMILES string of the molecule is CC[C@@H](Cc1ccc2[nH]c(C(=O)NCc3c(OC)cccc3OC)cc2c1)NC[C@@H](O)c1ccc(O)c(CO)c1. The predicted molar refractivity (Wildman–Crippen MR) is 154 cm³/mol. The van der Waals surface area contributed by atoms with E-state index in [1.165, 1.54) is 6.07 Å². The fourth-order valence-corrected chi connectivity index (χ4v) is 4.78. The van der Waals surface area contributed by atoms with E-state index >= 15 is 0 Å². The molecule has 0 unspecified atom stereocenters. The molecule has 0 aliphatic heterocycles. The van der Waals surface area contributed by atoms with Crippen molar-refractivity contribution in [2.75, 3.05) is 20.8 Å². The Balaban J connectivity index is 1.38. The molecular weight excluding hydrogens is 510 g/mol. The van der Waals surface area contributed by atoms with Gasteiger partial charge in [0.2, 0.25) is 0 Å². The van der Waals surface area contributed by atoms with E-state index in [1.807, 2.05) is 36.4 Å². The standard InChI is InChI=1S/C31H37N3O6/c1-4-23(32-17-28(37)20-9-11-27(36)22(14-20)18-35)13-19-8-10-25-21(12-19)15-26(34-25)31(38)33-16-24-29(39-2)6-5-7-30(24)40-3/h5-12,14-15,23,28,32,34-37H,4,13,16-18H2,1-3H3,(H,33,38)/t23-,28+/m0/s1.